The zero-order valence-corrected chi connectivity index (χ0v) is 12.2. The molecule has 2 nitrogen and oxygen atoms in total. The van der Waals surface area contributed by atoms with Gasteiger partial charge in [-0.1, -0.05) is 47.5 Å². The predicted molar refractivity (Wildman–Crippen MR) is 78.7 cm³/mol. The third-order valence-corrected chi connectivity index (χ3v) is 4.00. The van der Waals surface area contributed by atoms with E-state index >= 15 is 0 Å². The molecule has 98 valence electrons. The number of aromatic nitrogens is 2. The Labute approximate surface area is 122 Å². The average molecular weight is 293 g/mol. The van der Waals surface area contributed by atoms with Gasteiger partial charge >= 0.3 is 0 Å². The molecule has 0 saturated heterocycles. The molecule has 1 fully saturated rings. The van der Waals surface area contributed by atoms with Gasteiger partial charge in [0.15, 0.2) is 0 Å². The van der Waals surface area contributed by atoms with Crippen molar-refractivity contribution >= 4 is 23.2 Å². The number of halogens is 2. The topological polar surface area (TPSA) is 25.8 Å². The van der Waals surface area contributed by atoms with Gasteiger partial charge in [0, 0.05) is 6.42 Å². The summed E-state index contributed by atoms with van der Waals surface area (Å²) in [6.45, 7) is 2.03. The normalized spacial score (nSPS) is 14.7. The van der Waals surface area contributed by atoms with Crippen LogP contribution in [0.25, 0.3) is 11.1 Å². The summed E-state index contributed by atoms with van der Waals surface area (Å²) in [7, 11) is 0. The van der Waals surface area contributed by atoms with Gasteiger partial charge in [0.05, 0.1) is 5.56 Å². The van der Waals surface area contributed by atoms with Crippen LogP contribution in [-0.2, 0) is 6.42 Å². The standard InChI is InChI=1S/C15H14Cl2N2/c1-9-4-2-3-5-11(9)13-14(16)18-12(19-15(13)17)8-10-6-7-10/h2-5,10H,6-8H2,1H3. The first-order valence-corrected chi connectivity index (χ1v) is 7.18. The summed E-state index contributed by atoms with van der Waals surface area (Å²) in [4.78, 5) is 8.80. The molecule has 0 radical (unpaired) electrons. The Morgan fingerprint density at radius 2 is 1.74 bits per heavy atom. The minimum atomic E-state index is 0.449. The highest BCUT2D eigenvalue weighted by molar-refractivity contribution is 6.37. The molecule has 19 heavy (non-hydrogen) atoms. The van der Waals surface area contributed by atoms with E-state index in [2.05, 4.69) is 9.97 Å². The molecular weight excluding hydrogens is 279 g/mol. The van der Waals surface area contributed by atoms with Gasteiger partial charge < -0.3 is 0 Å². The molecule has 0 spiro atoms. The molecule has 4 heteroatoms. The summed E-state index contributed by atoms with van der Waals surface area (Å²) in [5, 5.41) is 0.898. The molecule has 1 saturated carbocycles. The molecule has 2 aromatic rings. The zero-order valence-electron chi connectivity index (χ0n) is 10.7. The van der Waals surface area contributed by atoms with Crippen LogP contribution in [-0.4, -0.2) is 9.97 Å². The molecule has 1 aliphatic rings. The molecule has 0 bridgehead atoms. The lowest BCUT2D eigenvalue weighted by molar-refractivity contribution is 0.770. The smallest absolute Gasteiger partial charge is 0.142 e. The molecule has 1 aromatic heterocycles. The van der Waals surface area contributed by atoms with Crippen molar-refractivity contribution in [1.29, 1.82) is 0 Å². The van der Waals surface area contributed by atoms with E-state index in [1.165, 1.54) is 12.8 Å². The summed E-state index contributed by atoms with van der Waals surface area (Å²) in [6.07, 6.45) is 3.41. The maximum absolute atomic E-state index is 6.31. The van der Waals surface area contributed by atoms with Gasteiger partial charge in [-0.2, -0.15) is 0 Å². The summed E-state index contributed by atoms with van der Waals surface area (Å²) < 4.78 is 0. The van der Waals surface area contributed by atoms with Gasteiger partial charge in [-0.05, 0) is 36.8 Å². The van der Waals surface area contributed by atoms with E-state index in [9.17, 15) is 0 Å². The minimum absolute atomic E-state index is 0.449. The Bertz CT molecular complexity index is 598. The molecular formula is C15H14Cl2N2. The number of hydrogen-bond acceptors (Lipinski definition) is 2. The largest absolute Gasteiger partial charge is 0.220 e. The number of nitrogens with zero attached hydrogens (tertiary/aromatic N) is 2. The highest BCUT2D eigenvalue weighted by Gasteiger charge is 2.24. The van der Waals surface area contributed by atoms with Gasteiger partial charge in [0.1, 0.15) is 16.1 Å². The van der Waals surface area contributed by atoms with Crippen molar-refractivity contribution in [2.75, 3.05) is 0 Å². The minimum Gasteiger partial charge on any atom is -0.220 e. The van der Waals surface area contributed by atoms with E-state index in [1.54, 1.807) is 0 Å². The molecule has 1 heterocycles. The Balaban J connectivity index is 2.04. The van der Waals surface area contributed by atoms with Crippen LogP contribution in [0.5, 0.6) is 0 Å². The first-order valence-electron chi connectivity index (χ1n) is 6.43. The van der Waals surface area contributed by atoms with E-state index in [1.807, 2.05) is 31.2 Å². The van der Waals surface area contributed by atoms with Gasteiger partial charge in [0.2, 0.25) is 0 Å². The Hall–Kier alpha value is -1.12. The molecule has 0 amide bonds. The summed E-state index contributed by atoms with van der Waals surface area (Å²) in [6, 6.07) is 7.97. The third-order valence-electron chi connectivity index (χ3n) is 3.45. The number of hydrogen-bond donors (Lipinski definition) is 0. The number of aryl methyl sites for hydroxylation is 1. The fourth-order valence-electron chi connectivity index (χ4n) is 2.20. The second kappa shape index (κ2) is 5.10. The molecule has 0 atom stereocenters. The van der Waals surface area contributed by atoms with Crippen LogP contribution in [0.15, 0.2) is 24.3 Å². The van der Waals surface area contributed by atoms with Gasteiger partial charge in [-0.15, -0.1) is 0 Å². The fourth-order valence-corrected chi connectivity index (χ4v) is 2.82. The van der Waals surface area contributed by atoms with Crippen LogP contribution >= 0.6 is 23.2 Å². The highest BCUT2D eigenvalue weighted by Crippen LogP contribution is 2.36. The first kappa shape index (κ1) is 12.9. The van der Waals surface area contributed by atoms with E-state index in [0.717, 1.165) is 34.9 Å². The van der Waals surface area contributed by atoms with Crippen molar-refractivity contribution < 1.29 is 0 Å². The molecule has 1 aromatic carbocycles. The predicted octanol–water partition coefficient (Wildman–Crippen LogP) is 4.71. The van der Waals surface area contributed by atoms with Crippen LogP contribution < -0.4 is 0 Å². The van der Waals surface area contributed by atoms with E-state index < -0.39 is 0 Å². The van der Waals surface area contributed by atoms with Gasteiger partial charge in [-0.25, -0.2) is 9.97 Å². The van der Waals surface area contributed by atoms with Crippen LogP contribution in [0.1, 0.15) is 24.2 Å². The van der Waals surface area contributed by atoms with Crippen molar-refractivity contribution in [2.24, 2.45) is 5.92 Å². The molecule has 0 aliphatic heterocycles. The van der Waals surface area contributed by atoms with Crippen molar-refractivity contribution in [3.05, 3.63) is 46.0 Å². The maximum atomic E-state index is 6.31. The first-order chi connectivity index (χ1) is 9.15. The lowest BCUT2D eigenvalue weighted by atomic mass is 10.0. The monoisotopic (exact) mass is 292 g/mol. The van der Waals surface area contributed by atoms with Crippen molar-refractivity contribution in [2.45, 2.75) is 26.2 Å². The summed E-state index contributed by atoms with van der Waals surface area (Å²) in [5.74, 6) is 1.48. The fraction of sp³-hybridized carbons (Fsp3) is 0.333. The Morgan fingerprint density at radius 3 is 2.32 bits per heavy atom. The molecule has 1 aliphatic carbocycles. The van der Waals surface area contributed by atoms with Crippen LogP contribution in [0.3, 0.4) is 0 Å². The second-order valence-corrected chi connectivity index (χ2v) is 5.77. The maximum Gasteiger partial charge on any atom is 0.142 e. The highest BCUT2D eigenvalue weighted by atomic mass is 35.5. The van der Waals surface area contributed by atoms with Crippen molar-refractivity contribution in [1.82, 2.24) is 9.97 Å². The Kier molecular flexibility index (Phi) is 3.46. The molecule has 0 unspecified atom stereocenters. The third kappa shape index (κ3) is 2.75. The van der Waals surface area contributed by atoms with Gasteiger partial charge in [0.25, 0.3) is 0 Å². The quantitative estimate of drug-likeness (QED) is 0.766. The molecule has 3 rings (SSSR count). The van der Waals surface area contributed by atoms with Crippen molar-refractivity contribution in [3.8, 4) is 11.1 Å². The number of benzene rings is 1. The van der Waals surface area contributed by atoms with E-state index in [0.29, 0.717) is 10.3 Å². The lowest BCUT2D eigenvalue weighted by Crippen LogP contribution is -2.00. The van der Waals surface area contributed by atoms with E-state index in [-0.39, 0.29) is 0 Å². The average Bonchev–Trinajstić information content (AvgIpc) is 3.14. The van der Waals surface area contributed by atoms with Gasteiger partial charge in [-0.3, -0.25) is 0 Å². The van der Waals surface area contributed by atoms with Crippen LogP contribution in [0.4, 0.5) is 0 Å². The van der Waals surface area contributed by atoms with Crippen LogP contribution in [0, 0.1) is 12.8 Å². The zero-order chi connectivity index (χ0) is 13.4. The van der Waals surface area contributed by atoms with Crippen LogP contribution in [0.2, 0.25) is 10.3 Å². The second-order valence-electron chi connectivity index (χ2n) is 5.06. The Morgan fingerprint density at radius 1 is 1.11 bits per heavy atom. The van der Waals surface area contributed by atoms with Crippen molar-refractivity contribution in [3.63, 3.8) is 0 Å². The SMILES string of the molecule is Cc1ccccc1-c1c(Cl)nc(CC2CC2)nc1Cl. The molecule has 0 N–H and O–H groups in total. The lowest BCUT2D eigenvalue weighted by Gasteiger charge is -2.10. The number of rotatable bonds is 3. The summed E-state index contributed by atoms with van der Waals surface area (Å²) >= 11 is 12.6. The van der Waals surface area contributed by atoms with E-state index in [4.69, 9.17) is 23.2 Å². The summed E-state index contributed by atoms with van der Waals surface area (Å²) in [5.41, 5.74) is 2.85.